The zero-order valence-electron chi connectivity index (χ0n) is 13.8. The number of hydrogen-bond donors (Lipinski definition) is 1. The van der Waals surface area contributed by atoms with Gasteiger partial charge in [-0.15, -0.1) is 0 Å². The second-order valence-electron chi connectivity index (χ2n) is 7.21. The fourth-order valence-electron chi connectivity index (χ4n) is 4.63. The van der Waals surface area contributed by atoms with Gasteiger partial charge in [0.25, 0.3) is 0 Å². The van der Waals surface area contributed by atoms with Crippen LogP contribution in [0.4, 0.5) is 4.79 Å². The van der Waals surface area contributed by atoms with Gasteiger partial charge in [0.1, 0.15) is 6.10 Å². The van der Waals surface area contributed by atoms with E-state index in [1.807, 2.05) is 30.3 Å². The number of ether oxygens (including phenoxy) is 1. The van der Waals surface area contributed by atoms with Crippen molar-refractivity contribution in [2.75, 3.05) is 6.54 Å². The first-order valence-electron chi connectivity index (χ1n) is 9.01. The number of amides is 2. The number of nitrogens with zero attached hydrogens (tertiary/aromatic N) is 1. The number of alkyl carbamates (subject to hydrolysis) is 1. The number of rotatable bonds is 3. The van der Waals surface area contributed by atoms with E-state index in [0.29, 0.717) is 18.9 Å². The van der Waals surface area contributed by atoms with Crippen molar-refractivity contribution in [1.29, 1.82) is 0 Å². The number of fused-ring (bicyclic) bond motifs is 4. The second kappa shape index (κ2) is 6.46. The first-order valence-corrected chi connectivity index (χ1v) is 9.01. The third kappa shape index (κ3) is 2.87. The van der Waals surface area contributed by atoms with Crippen molar-refractivity contribution in [3.8, 4) is 0 Å². The average molecular weight is 328 g/mol. The van der Waals surface area contributed by atoms with Crippen LogP contribution in [-0.2, 0) is 16.1 Å². The van der Waals surface area contributed by atoms with Crippen LogP contribution in [-0.4, -0.2) is 35.6 Å². The van der Waals surface area contributed by atoms with Crippen molar-refractivity contribution < 1.29 is 14.3 Å². The molecule has 128 valence electrons. The SMILES string of the molecule is O=C(NCc1ccccc1)O[C@@H]1C[C@H]2C[C@@H]1[C@H]1CCCCN1C2=O. The molecule has 1 saturated carbocycles. The summed E-state index contributed by atoms with van der Waals surface area (Å²) in [5.74, 6) is 0.651. The minimum absolute atomic E-state index is 0.0521. The van der Waals surface area contributed by atoms with E-state index in [2.05, 4.69) is 10.2 Å². The van der Waals surface area contributed by atoms with Gasteiger partial charge in [0.05, 0.1) is 0 Å². The van der Waals surface area contributed by atoms with Crippen molar-refractivity contribution in [2.24, 2.45) is 11.8 Å². The number of hydrogen-bond acceptors (Lipinski definition) is 3. The predicted molar refractivity (Wildman–Crippen MR) is 89.1 cm³/mol. The first kappa shape index (κ1) is 15.5. The van der Waals surface area contributed by atoms with Crippen molar-refractivity contribution >= 4 is 12.0 Å². The van der Waals surface area contributed by atoms with Gasteiger partial charge >= 0.3 is 6.09 Å². The molecule has 5 heteroatoms. The smallest absolute Gasteiger partial charge is 0.407 e. The molecule has 5 nitrogen and oxygen atoms in total. The summed E-state index contributed by atoms with van der Waals surface area (Å²) in [6.07, 6.45) is 4.41. The maximum Gasteiger partial charge on any atom is 0.407 e. The lowest BCUT2D eigenvalue weighted by molar-refractivity contribution is -0.143. The van der Waals surface area contributed by atoms with Crippen molar-refractivity contribution in [2.45, 2.75) is 50.8 Å². The minimum Gasteiger partial charge on any atom is -0.446 e. The van der Waals surface area contributed by atoms with Crippen LogP contribution >= 0.6 is 0 Å². The molecule has 2 aliphatic heterocycles. The number of nitrogens with one attached hydrogen (secondary N) is 1. The summed E-state index contributed by atoms with van der Waals surface area (Å²) in [5.41, 5.74) is 1.05. The van der Waals surface area contributed by atoms with Gasteiger partial charge in [-0.1, -0.05) is 30.3 Å². The summed E-state index contributed by atoms with van der Waals surface area (Å²) in [7, 11) is 0. The largest absolute Gasteiger partial charge is 0.446 e. The summed E-state index contributed by atoms with van der Waals surface area (Å²) in [4.78, 5) is 26.8. The molecular weight excluding hydrogens is 304 g/mol. The Hall–Kier alpha value is -2.04. The molecule has 2 saturated heterocycles. The highest BCUT2D eigenvalue weighted by atomic mass is 16.6. The van der Waals surface area contributed by atoms with Crippen LogP contribution in [0.3, 0.4) is 0 Å². The van der Waals surface area contributed by atoms with E-state index in [1.54, 1.807) is 0 Å². The molecule has 4 atom stereocenters. The van der Waals surface area contributed by atoms with Gasteiger partial charge in [-0.25, -0.2) is 4.79 Å². The van der Waals surface area contributed by atoms with Gasteiger partial charge < -0.3 is 15.0 Å². The van der Waals surface area contributed by atoms with E-state index in [0.717, 1.165) is 31.4 Å². The number of piperidine rings is 2. The monoisotopic (exact) mass is 328 g/mol. The van der Waals surface area contributed by atoms with E-state index in [9.17, 15) is 9.59 Å². The molecule has 1 aliphatic carbocycles. The van der Waals surface area contributed by atoms with Crippen molar-refractivity contribution in [1.82, 2.24) is 10.2 Å². The van der Waals surface area contributed by atoms with Gasteiger partial charge in [0.15, 0.2) is 0 Å². The van der Waals surface area contributed by atoms with Gasteiger partial charge in [-0.05, 0) is 37.7 Å². The lowest BCUT2D eigenvalue weighted by atomic mass is 9.84. The molecule has 1 aromatic rings. The number of carbonyl (C=O) groups excluding carboxylic acids is 2. The van der Waals surface area contributed by atoms with Crippen LogP contribution in [0.15, 0.2) is 30.3 Å². The summed E-state index contributed by atoms with van der Waals surface area (Å²) in [5, 5.41) is 2.83. The van der Waals surface area contributed by atoms with Crippen LogP contribution in [0.2, 0.25) is 0 Å². The quantitative estimate of drug-likeness (QED) is 0.928. The Morgan fingerprint density at radius 3 is 2.88 bits per heavy atom. The maximum atomic E-state index is 12.5. The first-order chi connectivity index (χ1) is 11.7. The molecule has 2 bridgehead atoms. The molecule has 2 amide bonds. The Balaban J connectivity index is 1.37. The summed E-state index contributed by atoms with van der Waals surface area (Å²) < 4.78 is 5.72. The highest BCUT2D eigenvalue weighted by Gasteiger charge is 2.52. The molecule has 0 unspecified atom stereocenters. The van der Waals surface area contributed by atoms with E-state index in [4.69, 9.17) is 4.74 Å². The van der Waals surface area contributed by atoms with E-state index >= 15 is 0 Å². The normalized spacial score (nSPS) is 31.5. The molecule has 4 rings (SSSR count). The zero-order valence-corrected chi connectivity index (χ0v) is 13.8. The Kier molecular flexibility index (Phi) is 4.17. The molecule has 0 radical (unpaired) electrons. The van der Waals surface area contributed by atoms with Crippen LogP contribution in [0.1, 0.15) is 37.7 Å². The van der Waals surface area contributed by atoms with Crippen molar-refractivity contribution in [3.63, 3.8) is 0 Å². The Morgan fingerprint density at radius 2 is 2.04 bits per heavy atom. The van der Waals surface area contributed by atoms with Gasteiger partial charge in [-0.3, -0.25) is 4.79 Å². The zero-order chi connectivity index (χ0) is 16.5. The molecule has 0 spiro atoms. The van der Waals surface area contributed by atoms with E-state index < -0.39 is 0 Å². The fraction of sp³-hybridized carbons (Fsp3) is 0.579. The number of carbonyl (C=O) groups is 2. The fourth-order valence-corrected chi connectivity index (χ4v) is 4.63. The summed E-state index contributed by atoms with van der Waals surface area (Å²) in [6, 6.07) is 10.1. The molecular formula is C19H24N2O3. The highest BCUT2D eigenvalue weighted by Crippen LogP contribution is 2.45. The second-order valence-corrected chi connectivity index (χ2v) is 7.21. The minimum atomic E-state index is -0.369. The number of benzene rings is 1. The van der Waals surface area contributed by atoms with Gasteiger partial charge in [-0.2, -0.15) is 0 Å². The topological polar surface area (TPSA) is 58.6 Å². The Bertz CT molecular complexity index is 618. The summed E-state index contributed by atoms with van der Waals surface area (Å²) >= 11 is 0. The van der Waals surface area contributed by atoms with Crippen LogP contribution in [0.25, 0.3) is 0 Å². The third-order valence-corrected chi connectivity index (χ3v) is 5.76. The molecule has 0 aromatic heterocycles. The van der Waals surface area contributed by atoms with Crippen LogP contribution in [0.5, 0.6) is 0 Å². The summed E-state index contributed by atoms with van der Waals surface area (Å²) in [6.45, 7) is 1.35. The molecule has 2 heterocycles. The van der Waals surface area contributed by atoms with E-state index in [1.165, 1.54) is 6.42 Å². The molecule has 1 aromatic carbocycles. The Labute approximate surface area is 142 Å². The lowest BCUT2D eigenvalue weighted by Gasteiger charge is -2.43. The van der Waals surface area contributed by atoms with Crippen LogP contribution in [0, 0.1) is 11.8 Å². The molecule has 3 fully saturated rings. The molecule has 3 aliphatic rings. The van der Waals surface area contributed by atoms with E-state index in [-0.39, 0.29) is 30.1 Å². The van der Waals surface area contributed by atoms with Crippen LogP contribution < -0.4 is 5.32 Å². The van der Waals surface area contributed by atoms with Crippen molar-refractivity contribution in [3.05, 3.63) is 35.9 Å². The lowest BCUT2D eigenvalue weighted by Crippen LogP contribution is -2.53. The third-order valence-electron chi connectivity index (χ3n) is 5.76. The highest BCUT2D eigenvalue weighted by molar-refractivity contribution is 5.81. The molecule has 24 heavy (non-hydrogen) atoms. The Morgan fingerprint density at radius 1 is 1.21 bits per heavy atom. The van der Waals surface area contributed by atoms with Gasteiger partial charge in [0, 0.05) is 31.0 Å². The maximum absolute atomic E-state index is 12.5. The predicted octanol–water partition coefficient (Wildman–Crippen LogP) is 2.70. The standard InChI is InChI=1S/C19H24N2O3/c22-18-14-10-15(16-8-4-5-9-21(16)18)17(11-14)24-19(23)20-12-13-6-2-1-3-7-13/h1-3,6-7,14-17H,4-5,8-12H2,(H,20,23)/t14-,15-,16-,17-/m1/s1. The van der Waals surface area contributed by atoms with Gasteiger partial charge in [0.2, 0.25) is 5.91 Å². The average Bonchev–Trinajstić information content (AvgIpc) is 2.99. The molecule has 1 N–H and O–H groups in total.